The van der Waals surface area contributed by atoms with E-state index in [9.17, 15) is 23.1 Å². The number of hydrogen-bond acceptors (Lipinski definition) is 5. The second-order valence-corrected chi connectivity index (χ2v) is 4.61. The SMILES string of the molecule is O=[N+]([O-])c1cc(S(=O)(=O)[O-])cc(Cl)c1Cl.[Na+]. The summed E-state index contributed by atoms with van der Waals surface area (Å²) in [4.78, 5) is 8.70. The molecule has 10 heteroatoms. The zero-order valence-corrected chi connectivity index (χ0v) is 12.1. The summed E-state index contributed by atoms with van der Waals surface area (Å²) in [6.07, 6.45) is 0. The van der Waals surface area contributed by atoms with E-state index in [1.165, 1.54) is 0 Å². The third kappa shape index (κ3) is 3.56. The van der Waals surface area contributed by atoms with Gasteiger partial charge >= 0.3 is 29.6 Å². The molecule has 0 heterocycles. The van der Waals surface area contributed by atoms with Gasteiger partial charge in [0, 0.05) is 6.07 Å². The molecule has 0 bridgehead atoms. The van der Waals surface area contributed by atoms with Crippen molar-refractivity contribution in [1.82, 2.24) is 0 Å². The molecule has 0 aliphatic rings. The average Bonchev–Trinajstić information content (AvgIpc) is 2.06. The third-order valence-electron chi connectivity index (χ3n) is 1.47. The number of rotatable bonds is 2. The Labute approximate surface area is 123 Å². The van der Waals surface area contributed by atoms with Crippen LogP contribution in [0.15, 0.2) is 17.0 Å². The van der Waals surface area contributed by atoms with Crippen LogP contribution in [0.1, 0.15) is 0 Å². The van der Waals surface area contributed by atoms with Gasteiger partial charge in [-0.05, 0) is 6.07 Å². The molecular formula is C6H2Cl2NNaO5S. The van der Waals surface area contributed by atoms with E-state index in [0.717, 1.165) is 6.07 Å². The Morgan fingerprint density at radius 1 is 1.25 bits per heavy atom. The number of hydrogen-bond donors (Lipinski definition) is 0. The molecule has 0 aliphatic heterocycles. The van der Waals surface area contributed by atoms with Gasteiger partial charge in [-0.2, -0.15) is 0 Å². The van der Waals surface area contributed by atoms with Gasteiger partial charge in [-0.1, -0.05) is 23.2 Å². The fourth-order valence-electron chi connectivity index (χ4n) is 0.828. The molecule has 0 aliphatic carbocycles. The molecule has 0 fully saturated rings. The molecule has 0 saturated heterocycles. The van der Waals surface area contributed by atoms with Gasteiger partial charge in [0.2, 0.25) is 0 Å². The summed E-state index contributed by atoms with van der Waals surface area (Å²) in [6, 6.07) is 1.33. The minimum atomic E-state index is -4.80. The number of nitro groups is 1. The van der Waals surface area contributed by atoms with Gasteiger partial charge in [-0.25, -0.2) is 8.42 Å². The van der Waals surface area contributed by atoms with E-state index in [1.807, 2.05) is 0 Å². The molecule has 1 aromatic rings. The Hall–Kier alpha value is 0.110. The van der Waals surface area contributed by atoms with Crippen LogP contribution in [0.3, 0.4) is 0 Å². The van der Waals surface area contributed by atoms with Crippen LogP contribution in [0.25, 0.3) is 0 Å². The van der Waals surface area contributed by atoms with Gasteiger partial charge < -0.3 is 4.55 Å². The third-order valence-corrected chi connectivity index (χ3v) is 3.07. The van der Waals surface area contributed by atoms with E-state index in [0.29, 0.717) is 6.07 Å². The van der Waals surface area contributed by atoms with Crippen LogP contribution < -0.4 is 29.6 Å². The summed E-state index contributed by atoms with van der Waals surface area (Å²) in [7, 11) is -4.80. The van der Waals surface area contributed by atoms with Crippen molar-refractivity contribution < 1.29 is 47.5 Å². The maximum atomic E-state index is 10.6. The maximum absolute atomic E-state index is 10.6. The van der Waals surface area contributed by atoms with Crippen molar-refractivity contribution >= 4 is 39.0 Å². The zero-order chi connectivity index (χ0) is 11.8. The van der Waals surface area contributed by atoms with Crippen molar-refractivity contribution in [3.8, 4) is 0 Å². The summed E-state index contributed by atoms with van der Waals surface area (Å²) in [5, 5.41) is 9.65. The van der Waals surface area contributed by atoms with Gasteiger partial charge in [-0.15, -0.1) is 0 Å². The van der Waals surface area contributed by atoms with E-state index in [2.05, 4.69) is 0 Å². The predicted octanol–water partition coefficient (Wildman–Crippen LogP) is -1.19. The first-order valence-electron chi connectivity index (χ1n) is 3.33. The Kier molecular flexibility index (Phi) is 5.67. The van der Waals surface area contributed by atoms with Crippen molar-refractivity contribution in [2.45, 2.75) is 4.90 Å². The molecule has 0 atom stereocenters. The number of nitro benzene ring substituents is 1. The van der Waals surface area contributed by atoms with Crippen LogP contribution in [0.2, 0.25) is 10.0 Å². The van der Waals surface area contributed by atoms with Gasteiger partial charge in [0.05, 0.1) is 14.8 Å². The van der Waals surface area contributed by atoms with Crippen LogP contribution in [0.4, 0.5) is 5.69 Å². The summed E-state index contributed by atoms with van der Waals surface area (Å²) < 4.78 is 31.8. The second-order valence-electron chi connectivity index (χ2n) is 2.45. The molecule has 0 unspecified atom stereocenters. The summed E-state index contributed by atoms with van der Waals surface area (Å²) >= 11 is 10.9. The second kappa shape index (κ2) is 5.63. The molecule has 0 amide bonds. The van der Waals surface area contributed by atoms with Gasteiger partial charge in [0.25, 0.3) is 5.69 Å². The van der Waals surface area contributed by atoms with Crippen molar-refractivity contribution in [3.63, 3.8) is 0 Å². The summed E-state index contributed by atoms with van der Waals surface area (Å²) in [5.41, 5.74) is -0.724. The molecule has 0 spiro atoms. The molecule has 0 aromatic heterocycles. The minimum Gasteiger partial charge on any atom is -0.744 e. The summed E-state index contributed by atoms with van der Waals surface area (Å²) in [6.45, 7) is 0. The normalized spacial score (nSPS) is 10.7. The van der Waals surface area contributed by atoms with E-state index >= 15 is 0 Å². The Morgan fingerprint density at radius 3 is 2.12 bits per heavy atom. The fraction of sp³-hybridized carbons (Fsp3) is 0. The van der Waals surface area contributed by atoms with E-state index in [4.69, 9.17) is 23.2 Å². The first kappa shape index (κ1) is 16.1. The Morgan fingerprint density at radius 2 is 1.75 bits per heavy atom. The molecule has 0 saturated carbocycles. The molecule has 0 radical (unpaired) electrons. The largest absolute Gasteiger partial charge is 1.00 e. The van der Waals surface area contributed by atoms with E-state index in [-0.39, 0.29) is 34.6 Å². The van der Waals surface area contributed by atoms with Crippen molar-refractivity contribution in [2.24, 2.45) is 0 Å². The number of nitrogens with zero attached hydrogens (tertiary/aromatic N) is 1. The van der Waals surface area contributed by atoms with Crippen LogP contribution in [-0.2, 0) is 10.1 Å². The van der Waals surface area contributed by atoms with Crippen LogP contribution in [0.5, 0.6) is 0 Å². The molecule has 16 heavy (non-hydrogen) atoms. The predicted molar refractivity (Wildman–Crippen MR) is 51.1 cm³/mol. The number of halogens is 2. The Balaban J connectivity index is 0.00000225. The van der Waals surface area contributed by atoms with Gasteiger partial charge in [0.15, 0.2) is 0 Å². The molecule has 6 nitrogen and oxygen atoms in total. The molecule has 1 rings (SSSR count). The first-order chi connectivity index (χ1) is 6.73. The van der Waals surface area contributed by atoms with Crippen molar-refractivity contribution in [1.29, 1.82) is 0 Å². The number of benzene rings is 1. The van der Waals surface area contributed by atoms with Crippen molar-refractivity contribution in [3.05, 3.63) is 32.3 Å². The van der Waals surface area contributed by atoms with Crippen LogP contribution in [0, 0.1) is 10.1 Å². The molecular weight excluding hydrogens is 292 g/mol. The van der Waals surface area contributed by atoms with Crippen LogP contribution >= 0.6 is 23.2 Å². The maximum Gasteiger partial charge on any atom is 1.00 e. The summed E-state index contributed by atoms with van der Waals surface area (Å²) in [5.74, 6) is 0. The monoisotopic (exact) mass is 293 g/mol. The van der Waals surface area contributed by atoms with E-state index < -0.39 is 30.6 Å². The quantitative estimate of drug-likeness (QED) is 0.295. The average molecular weight is 294 g/mol. The van der Waals surface area contributed by atoms with Crippen molar-refractivity contribution in [2.75, 3.05) is 0 Å². The van der Waals surface area contributed by atoms with Gasteiger partial charge in [0.1, 0.15) is 15.1 Å². The zero-order valence-electron chi connectivity index (χ0n) is 7.81. The standard InChI is InChI=1S/C6H3Cl2NO5S.Na/c7-4-1-3(15(12,13)14)2-5(6(4)8)9(10)11;/h1-2H,(H,12,13,14);/q;+1/p-1. The van der Waals surface area contributed by atoms with Crippen LogP contribution in [-0.4, -0.2) is 17.9 Å². The Bertz CT molecular complexity index is 532. The first-order valence-corrected chi connectivity index (χ1v) is 5.49. The minimum absolute atomic E-state index is 0. The molecule has 82 valence electrons. The van der Waals surface area contributed by atoms with E-state index in [1.54, 1.807) is 0 Å². The molecule has 0 N–H and O–H groups in total. The molecule has 1 aromatic carbocycles. The van der Waals surface area contributed by atoms with Gasteiger partial charge in [-0.3, -0.25) is 10.1 Å². The topological polar surface area (TPSA) is 100 Å². The fourth-order valence-corrected chi connectivity index (χ4v) is 1.80. The smallest absolute Gasteiger partial charge is 0.744 e.